The highest BCUT2D eigenvalue weighted by atomic mass is 16.6. The van der Waals surface area contributed by atoms with Gasteiger partial charge >= 0.3 is 11.6 Å². The SMILES string of the molecule is CCOC(=O)C1=C(N)Oc2c(c(=O)oc3ccccc23)C1c1ccccc1[N+](=O)[O-]. The van der Waals surface area contributed by atoms with E-state index >= 15 is 0 Å². The number of hydrogen-bond donors (Lipinski definition) is 1. The first-order valence-corrected chi connectivity index (χ1v) is 9.07. The van der Waals surface area contributed by atoms with Gasteiger partial charge in [-0.1, -0.05) is 30.3 Å². The molecule has 152 valence electrons. The fraction of sp³-hybridized carbons (Fsp3) is 0.143. The van der Waals surface area contributed by atoms with Crippen LogP contribution in [0.4, 0.5) is 5.69 Å². The van der Waals surface area contributed by atoms with Crippen LogP contribution in [-0.4, -0.2) is 17.5 Å². The van der Waals surface area contributed by atoms with Crippen LogP contribution in [0.2, 0.25) is 0 Å². The summed E-state index contributed by atoms with van der Waals surface area (Å²) in [5, 5.41) is 12.1. The molecule has 0 radical (unpaired) electrons. The number of fused-ring (bicyclic) bond motifs is 3. The largest absolute Gasteiger partial charge is 0.462 e. The second kappa shape index (κ2) is 7.36. The Bertz CT molecular complexity index is 1280. The fourth-order valence-corrected chi connectivity index (χ4v) is 3.58. The van der Waals surface area contributed by atoms with E-state index < -0.39 is 22.4 Å². The number of hydrogen-bond acceptors (Lipinski definition) is 8. The molecule has 0 bridgehead atoms. The van der Waals surface area contributed by atoms with Crippen molar-refractivity contribution in [3.05, 3.63) is 91.6 Å². The highest BCUT2D eigenvalue weighted by Gasteiger charge is 2.41. The first kappa shape index (κ1) is 19.2. The van der Waals surface area contributed by atoms with Gasteiger partial charge in [-0.15, -0.1) is 0 Å². The molecule has 4 rings (SSSR count). The number of carbonyl (C=O) groups is 1. The number of para-hydroxylation sites is 2. The van der Waals surface area contributed by atoms with Crippen LogP contribution in [0.15, 0.2) is 69.2 Å². The van der Waals surface area contributed by atoms with Crippen molar-refractivity contribution < 1.29 is 23.6 Å². The lowest BCUT2D eigenvalue weighted by Gasteiger charge is -2.27. The summed E-state index contributed by atoms with van der Waals surface area (Å²) in [5.41, 5.74) is 5.11. The number of nitrogens with two attached hydrogens (primary N) is 1. The molecule has 0 saturated heterocycles. The third-order valence-electron chi connectivity index (χ3n) is 4.79. The zero-order valence-electron chi connectivity index (χ0n) is 15.8. The van der Waals surface area contributed by atoms with E-state index in [0.717, 1.165) is 0 Å². The molecular formula is C21H16N2O7. The number of carbonyl (C=O) groups excluding carboxylic acids is 1. The van der Waals surface area contributed by atoms with Crippen LogP contribution in [0.1, 0.15) is 24.0 Å². The van der Waals surface area contributed by atoms with E-state index in [4.69, 9.17) is 19.6 Å². The van der Waals surface area contributed by atoms with Crippen molar-refractivity contribution in [2.24, 2.45) is 5.73 Å². The molecule has 9 heteroatoms. The first-order valence-electron chi connectivity index (χ1n) is 9.07. The Kier molecular flexibility index (Phi) is 4.71. The van der Waals surface area contributed by atoms with Gasteiger partial charge in [-0.2, -0.15) is 0 Å². The molecule has 0 aliphatic carbocycles. The van der Waals surface area contributed by atoms with E-state index in [1.807, 2.05) is 0 Å². The lowest BCUT2D eigenvalue weighted by molar-refractivity contribution is -0.385. The molecule has 0 amide bonds. The smallest absolute Gasteiger partial charge is 0.344 e. The van der Waals surface area contributed by atoms with Gasteiger partial charge in [0.15, 0.2) is 5.75 Å². The van der Waals surface area contributed by atoms with Gasteiger partial charge in [0.05, 0.1) is 28.4 Å². The predicted molar refractivity (Wildman–Crippen MR) is 106 cm³/mol. The lowest BCUT2D eigenvalue weighted by atomic mass is 9.82. The van der Waals surface area contributed by atoms with E-state index in [0.29, 0.717) is 5.39 Å². The normalized spacial score (nSPS) is 15.4. The highest BCUT2D eigenvalue weighted by Crippen LogP contribution is 2.46. The van der Waals surface area contributed by atoms with Gasteiger partial charge in [-0.3, -0.25) is 10.1 Å². The number of esters is 1. The third-order valence-corrected chi connectivity index (χ3v) is 4.79. The number of nitro groups is 1. The molecular weight excluding hydrogens is 392 g/mol. The number of rotatable bonds is 4. The molecule has 0 saturated carbocycles. The lowest BCUT2D eigenvalue weighted by Crippen LogP contribution is -2.31. The standard InChI is InChI=1S/C21H16N2O7/c1-2-28-20(24)17-15(11-7-3-5-9-13(11)23(26)27)16-18(30-19(17)22)12-8-4-6-10-14(12)29-21(16)25/h3-10,15H,2,22H2,1H3. The summed E-state index contributed by atoms with van der Waals surface area (Å²) < 4.78 is 16.2. The van der Waals surface area contributed by atoms with E-state index in [1.165, 1.54) is 18.2 Å². The maximum Gasteiger partial charge on any atom is 0.344 e. The summed E-state index contributed by atoms with van der Waals surface area (Å²) in [4.78, 5) is 36.7. The van der Waals surface area contributed by atoms with Gasteiger partial charge in [0.1, 0.15) is 11.2 Å². The Balaban J connectivity index is 2.10. The Morgan fingerprint density at radius 1 is 1.20 bits per heavy atom. The fourth-order valence-electron chi connectivity index (χ4n) is 3.58. The zero-order chi connectivity index (χ0) is 21.4. The van der Waals surface area contributed by atoms with Crippen molar-refractivity contribution in [2.45, 2.75) is 12.8 Å². The third kappa shape index (κ3) is 2.96. The van der Waals surface area contributed by atoms with Crippen LogP contribution in [0.5, 0.6) is 5.75 Å². The second-order valence-corrected chi connectivity index (χ2v) is 6.48. The van der Waals surface area contributed by atoms with Gasteiger partial charge in [0.2, 0.25) is 5.88 Å². The predicted octanol–water partition coefficient (Wildman–Crippen LogP) is 2.96. The summed E-state index contributed by atoms with van der Waals surface area (Å²) in [6.07, 6.45) is 0. The minimum absolute atomic E-state index is 0.0401. The minimum atomic E-state index is -1.20. The maximum absolute atomic E-state index is 12.9. The van der Waals surface area contributed by atoms with Crippen LogP contribution in [0.25, 0.3) is 11.0 Å². The minimum Gasteiger partial charge on any atom is -0.462 e. The Morgan fingerprint density at radius 2 is 1.90 bits per heavy atom. The molecule has 2 aromatic carbocycles. The van der Waals surface area contributed by atoms with Crippen LogP contribution < -0.4 is 16.1 Å². The zero-order valence-corrected chi connectivity index (χ0v) is 15.8. The van der Waals surface area contributed by atoms with Crippen molar-refractivity contribution in [3.63, 3.8) is 0 Å². The van der Waals surface area contributed by atoms with Crippen molar-refractivity contribution >= 4 is 22.6 Å². The quantitative estimate of drug-likeness (QED) is 0.301. The van der Waals surface area contributed by atoms with Gasteiger partial charge in [-0.25, -0.2) is 9.59 Å². The summed E-state index contributed by atoms with van der Waals surface area (Å²) in [5.74, 6) is -2.23. The van der Waals surface area contributed by atoms with Crippen LogP contribution >= 0.6 is 0 Å². The van der Waals surface area contributed by atoms with Gasteiger partial charge < -0.3 is 19.6 Å². The van der Waals surface area contributed by atoms with Crippen molar-refractivity contribution in [2.75, 3.05) is 6.61 Å². The van der Waals surface area contributed by atoms with E-state index in [1.54, 1.807) is 37.3 Å². The topological polar surface area (TPSA) is 135 Å². The average molecular weight is 408 g/mol. The van der Waals surface area contributed by atoms with Gasteiger partial charge in [-0.05, 0) is 19.1 Å². The second-order valence-electron chi connectivity index (χ2n) is 6.48. The molecule has 2 N–H and O–H groups in total. The average Bonchev–Trinajstić information content (AvgIpc) is 2.73. The van der Waals surface area contributed by atoms with Gasteiger partial charge in [0, 0.05) is 11.6 Å². The summed E-state index contributed by atoms with van der Waals surface area (Å²) in [6.45, 7) is 1.65. The molecule has 1 atom stereocenters. The molecule has 30 heavy (non-hydrogen) atoms. The molecule has 3 aromatic rings. The monoisotopic (exact) mass is 408 g/mol. The molecule has 2 heterocycles. The molecule has 1 aliphatic heterocycles. The molecule has 0 fully saturated rings. The molecule has 0 spiro atoms. The van der Waals surface area contributed by atoms with E-state index in [9.17, 15) is 19.7 Å². The number of ether oxygens (including phenoxy) is 2. The molecule has 1 unspecified atom stereocenters. The van der Waals surface area contributed by atoms with Crippen LogP contribution in [0.3, 0.4) is 0 Å². The van der Waals surface area contributed by atoms with Crippen molar-refractivity contribution in [1.29, 1.82) is 0 Å². The first-order chi connectivity index (χ1) is 14.4. The van der Waals surface area contributed by atoms with Crippen molar-refractivity contribution in [3.8, 4) is 5.75 Å². The Morgan fingerprint density at radius 3 is 2.63 bits per heavy atom. The summed E-state index contributed by atoms with van der Waals surface area (Å²) in [7, 11) is 0. The number of benzene rings is 2. The van der Waals surface area contributed by atoms with Crippen LogP contribution in [-0.2, 0) is 9.53 Å². The maximum atomic E-state index is 12.9. The molecule has 9 nitrogen and oxygen atoms in total. The van der Waals surface area contributed by atoms with Gasteiger partial charge in [0.25, 0.3) is 5.69 Å². The summed E-state index contributed by atoms with van der Waals surface area (Å²) in [6, 6.07) is 12.4. The van der Waals surface area contributed by atoms with Crippen molar-refractivity contribution in [1.82, 2.24) is 0 Å². The number of nitro benzene ring substituents is 1. The Labute approximate surface area is 169 Å². The summed E-state index contributed by atoms with van der Waals surface area (Å²) >= 11 is 0. The highest BCUT2D eigenvalue weighted by molar-refractivity contribution is 5.95. The van der Waals surface area contributed by atoms with Crippen LogP contribution in [0, 0.1) is 10.1 Å². The molecule has 1 aromatic heterocycles. The van der Waals surface area contributed by atoms with E-state index in [2.05, 4.69) is 0 Å². The number of nitrogens with zero attached hydrogens (tertiary/aromatic N) is 1. The van der Waals surface area contributed by atoms with E-state index in [-0.39, 0.29) is 46.2 Å². The molecule has 1 aliphatic rings. The Hall–Kier alpha value is -4.14.